The zero-order valence-electron chi connectivity index (χ0n) is 11.8. The first-order chi connectivity index (χ1) is 10.6. The molecule has 1 aromatic heterocycles. The fourth-order valence-corrected chi connectivity index (χ4v) is 2.45. The summed E-state index contributed by atoms with van der Waals surface area (Å²) in [5.74, 6) is -0.894. The minimum atomic E-state index is -0.521. The van der Waals surface area contributed by atoms with Crippen molar-refractivity contribution < 1.29 is 14.0 Å². The zero-order chi connectivity index (χ0) is 15.5. The van der Waals surface area contributed by atoms with Crippen molar-refractivity contribution in [3.8, 4) is 0 Å². The average molecular weight is 302 g/mol. The number of anilines is 2. The molecule has 2 amide bonds. The van der Waals surface area contributed by atoms with Crippen molar-refractivity contribution in [2.24, 2.45) is 0 Å². The summed E-state index contributed by atoms with van der Waals surface area (Å²) in [7, 11) is 0. The van der Waals surface area contributed by atoms with Crippen LogP contribution in [0.25, 0.3) is 0 Å². The summed E-state index contributed by atoms with van der Waals surface area (Å²) >= 11 is 0. The predicted octanol–water partition coefficient (Wildman–Crippen LogP) is 1.79. The summed E-state index contributed by atoms with van der Waals surface area (Å²) in [6.45, 7) is 0.585. The van der Waals surface area contributed by atoms with E-state index in [0.717, 1.165) is 6.42 Å². The van der Waals surface area contributed by atoms with Crippen LogP contribution in [0.4, 0.5) is 15.8 Å². The van der Waals surface area contributed by atoms with Gasteiger partial charge in [-0.05, 0) is 30.7 Å². The van der Waals surface area contributed by atoms with Crippen molar-refractivity contribution in [1.82, 2.24) is 9.78 Å². The SMILES string of the molecule is O=C(Cn1cccn1)Nc1ccc(N2CCCC2=O)c(F)c1. The van der Waals surface area contributed by atoms with E-state index in [-0.39, 0.29) is 24.0 Å². The van der Waals surface area contributed by atoms with E-state index in [1.165, 1.54) is 21.7 Å². The molecule has 1 N–H and O–H groups in total. The van der Waals surface area contributed by atoms with E-state index in [2.05, 4.69) is 10.4 Å². The molecule has 1 fully saturated rings. The van der Waals surface area contributed by atoms with Gasteiger partial charge in [0.25, 0.3) is 0 Å². The molecule has 7 heteroatoms. The standard InChI is InChI=1S/C15H15FN4O2/c16-12-9-11(18-14(21)10-19-7-2-6-17-19)4-5-13(12)20-8-1-3-15(20)22/h2,4-7,9H,1,3,8,10H2,(H,18,21). The summed E-state index contributed by atoms with van der Waals surface area (Å²) in [6, 6.07) is 6.05. The molecule has 0 spiro atoms. The molecule has 0 saturated carbocycles. The lowest BCUT2D eigenvalue weighted by Gasteiger charge is -2.17. The second kappa shape index (κ2) is 5.97. The van der Waals surface area contributed by atoms with Gasteiger partial charge in [-0.2, -0.15) is 5.10 Å². The number of aromatic nitrogens is 2. The molecule has 22 heavy (non-hydrogen) atoms. The van der Waals surface area contributed by atoms with Crippen molar-refractivity contribution >= 4 is 23.2 Å². The van der Waals surface area contributed by atoms with E-state index in [9.17, 15) is 14.0 Å². The van der Waals surface area contributed by atoms with Crippen LogP contribution < -0.4 is 10.2 Å². The number of carbonyl (C=O) groups is 2. The third-order valence-corrected chi connectivity index (χ3v) is 3.46. The minimum absolute atomic E-state index is 0.0565. The van der Waals surface area contributed by atoms with Crippen LogP contribution in [-0.2, 0) is 16.1 Å². The second-order valence-electron chi connectivity index (χ2n) is 5.07. The molecule has 6 nitrogen and oxygen atoms in total. The lowest BCUT2D eigenvalue weighted by Crippen LogP contribution is -2.25. The lowest BCUT2D eigenvalue weighted by atomic mass is 10.2. The Morgan fingerprint density at radius 2 is 2.27 bits per heavy atom. The molecular weight excluding hydrogens is 287 g/mol. The van der Waals surface area contributed by atoms with Crippen LogP contribution in [0, 0.1) is 5.82 Å². The fourth-order valence-electron chi connectivity index (χ4n) is 2.45. The largest absolute Gasteiger partial charge is 0.324 e. The fraction of sp³-hybridized carbons (Fsp3) is 0.267. The minimum Gasteiger partial charge on any atom is -0.324 e. The van der Waals surface area contributed by atoms with Crippen LogP contribution in [0.2, 0.25) is 0 Å². The van der Waals surface area contributed by atoms with Crippen molar-refractivity contribution in [3.05, 3.63) is 42.5 Å². The number of nitrogens with one attached hydrogen (secondary N) is 1. The molecule has 0 aliphatic carbocycles. The maximum absolute atomic E-state index is 14.1. The Morgan fingerprint density at radius 1 is 1.41 bits per heavy atom. The maximum Gasteiger partial charge on any atom is 0.246 e. The molecule has 1 aliphatic heterocycles. The molecule has 3 rings (SSSR count). The summed E-state index contributed by atoms with van der Waals surface area (Å²) in [5.41, 5.74) is 0.609. The van der Waals surface area contributed by atoms with Crippen molar-refractivity contribution in [2.75, 3.05) is 16.8 Å². The predicted molar refractivity (Wildman–Crippen MR) is 78.8 cm³/mol. The topological polar surface area (TPSA) is 67.2 Å². The van der Waals surface area contributed by atoms with E-state index < -0.39 is 5.82 Å². The number of amides is 2. The maximum atomic E-state index is 14.1. The number of nitrogens with zero attached hydrogens (tertiary/aromatic N) is 3. The van der Waals surface area contributed by atoms with E-state index in [1.54, 1.807) is 24.5 Å². The molecule has 0 radical (unpaired) electrons. The summed E-state index contributed by atoms with van der Waals surface area (Å²) in [5, 5.41) is 6.53. The van der Waals surface area contributed by atoms with Crippen LogP contribution in [0.5, 0.6) is 0 Å². The molecule has 1 aliphatic rings. The Bertz CT molecular complexity index is 700. The number of hydrogen-bond acceptors (Lipinski definition) is 3. The molecule has 1 saturated heterocycles. The van der Waals surface area contributed by atoms with Gasteiger partial charge >= 0.3 is 0 Å². The van der Waals surface area contributed by atoms with Crippen LogP contribution >= 0.6 is 0 Å². The highest BCUT2D eigenvalue weighted by Gasteiger charge is 2.24. The number of benzene rings is 1. The van der Waals surface area contributed by atoms with Gasteiger partial charge in [0, 0.05) is 31.0 Å². The van der Waals surface area contributed by atoms with Gasteiger partial charge in [0.2, 0.25) is 11.8 Å². The number of halogens is 1. The molecule has 0 atom stereocenters. The van der Waals surface area contributed by atoms with Gasteiger partial charge in [-0.1, -0.05) is 0 Å². The second-order valence-corrected chi connectivity index (χ2v) is 5.07. The Kier molecular flexibility index (Phi) is 3.86. The Balaban J connectivity index is 1.69. The number of rotatable bonds is 4. The van der Waals surface area contributed by atoms with Gasteiger partial charge in [-0.3, -0.25) is 14.3 Å². The highest BCUT2D eigenvalue weighted by atomic mass is 19.1. The first-order valence-electron chi connectivity index (χ1n) is 7.01. The smallest absolute Gasteiger partial charge is 0.246 e. The molecule has 1 aromatic carbocycles. The Morgan fingerprint density at radius 3 is 2.91 bits per heavy atom. The van der Waals surface area contributed by atoms with Crippen molar-refractivity contribution in [1.29, 1.82) is 0 Å². The van der Waals surface area contributed by atoms with Crippen LogP contribution in [0.1, 0.15) is 12.8 Å². The molecular formula is C15H15FN4O2. The van der Waals surface area contributed by atoms with E-state index in [1.807, 2.05) is 0 Å². The number of hydrogen-bond donors (Lipinski definition) is 1. The molecule has 114 valence electrons. The van der Waals surface area contributed by atoms with Crippen molar-refractivity contribution in [3.63, 3.8) is 0 Å². The van der Waals surface area contributed by atoms with Gasteiger partial charge in [0.05, 0.1) is 5.69 Å². The van der Waals surface area contributed by atoms with Crippen LogP contribution in [0.3, 0.4) is 0 Å². The normalized spacial score (nSPS) is 14.4. The highest BCUT2D eigenvalue weighted by molar-refractivity contribution is 5.96. The first kappa shape index (κ1) is 14.2. The lowest BCUT2D eigenvalue weighted by molar-refractivity contribution is -0.117. The first-order valence-corrected chi connectivity index (χ1v) is 7.01. The van der Waals surface area contributed by atoms with Gasteiger partial charge < -0.3 is 10.2 Å². The average Bonchev–Trinajstić information content (AvgIpc) is 3.11. The quantitative estimate of drug-likeness (QED) is 0.936. The van der Waals surface area contributed by atoms with Crippen LogP contribution in [-0.4, -0.2) is 28.1 Å². The molecule has 0 unspecified atom stereocenters. The third kappa shape index (κ3) is 2.98. The van der Waals surface area contributed by atoms with Gasteiger partial charge in [-0.15, -0.1) is 0 Å². The Hall–Kier alpha value is -2.70. The Labute approximate surface area is 126 Å². The molecule has 2 heterocycles. The van der Waals surface area contributed by atoms with E-state index in [0.29, 0.717) is 18.7 Å². The van der Waals surface area contributed by atoms with E-state index in [4.69, 9.17) is 0 Å². The molecule has 0 bridgehead atoms. The van der Waals surface area contributed by atoms with Crippen LogP contribution in [0.15, 0.2) is 36.7 Å². The third-order valence-electron chi connectivity index (χ3n) is 3.46. The summed E-state index contributed by atoms with van der Waals surface area (Å²) in [4.78, 5) is 24.9. The number of carbonyl (C=O) groups excluding carboxylic acids is 2. The monoisotopic (exact) mass is 302 g/mol. The summed E-state index contributed by atoms with van der Waals surface area (Å²) < 4.78 is 15.6. The summed E-state index contributed by atoms with van der Waals surface area (Å²) in [6.07, 6.45) is 4.43. The van der Waals surface area contributed by atoms with Gasteiger partial charge in [0.15, 0.2) is 0 Å². The molecule has 2 aromatic rings. The zero-order valence-corrected chi connectivity index (χ0v) is 11.8. The van der Waals surface area contributed by atoms with Gasteiger partial charge in [-0.25, -0.2) is 4.39 Å². The van der Waals surface area contributed by atoms with Gasteiger partial charge in [0.1, 0.15) is 12.4 Å². The highest BCUT2D eigenvalue weighted by Crippen LogP contribution is 2.26. The van der Waals surface area contributed by atoms with Crippen molar-refractivity contribution in [2.45, 2.75) is 19.4 Å². The van der Waals surface area contributed by atoms with E-state index >= 15 is 0 Å².